The van der Waals surface area contributed by atoms with E-state index >= 15 is 0 Å². The standard InChI is InChI=1S/C26H31N5O6/c1-15(32)23(25(35)30-21(26(36)37)11-16-7-3-2-4-8-16)31-22(33)14-29-24(34)19(27)12-17-13-28-20-10-6-5-9-18(17)20/h2-10,13,15,19,21,23,28,32H,11-12,14,27H2,1H3,(H,29,34)(H,30,35)(H,31,33)(H,36,37). The first-order valence-corrected chi connectivity index (χ1v) is 11.8. The SMILES string of the molecule is CC(O)C(NC(=O)CNC(=O)C(N)Cc1c[nH]c2ccccc12)C(=O)NC(Cc1ccccc1)C(=O)O. The van der Waals surface area contributed by atoms with E-state index in [4.69, 9.17) is 5.73 Å². The van der Waals surface area contributed by atoms with Crippen LogP contribution in [0.3, 0.4) is 0 Å². The van der Waals surface area contributed by atoms with Gasteiger partial charge in [-0.15, -0.1) is 0 Å². The molecule has 0 saturated heterocycles. The highest BCUT2D eigenvalue weighted by Crippen LogP contribution is 2.18. The summed E-state index contributed by atoms with van der Waals surface area (Å²) in [5, 5.41) is 27.6. The van der Waals surface area contributed by atoms with Crippen LogP contribution in [0.25, 0.3) is 10.9 Å². The lowest BCUT2D eigenvalue weighted by atomic mass is 10.0. The van der Waals surface area contributed by atoms with E-state index in [2.05, 4.69) is 20.9 Å². The number of carboxylic acid groups (broad SMARTS) is 1. The third-order valence-electron chi connectivity index (χ3n) is 5.85. The van der Waals surface area contributed by atoms with Crippen LogP contribution in [0.15, 0.2) is 60.8 Å². The Morgan fingerprint density at radius 1 is 0.946 bits per heavy atom. The number of aliphatic carboxylic acids is 1. The van der Waals surface area contributed by atoms with Gasteiger partial charge in [-0.1, -0.05) is 48.5 Å². The van der Waals surface area contributed by atoms with Gasteiger partial charge in [0.2, 0.25) is 17.7 Å². The maximum absolute atomic E-state index is 12.7. The summed E-state index contributed by atoms with van der Waals surface area (Å²) in [7, 11) is 0. The van der Waals surface area contributed by atoms with Crippen molar-refractivity contribution < 1.29 is 29.4 Å². The van der Waals surface area contributed by atoms with Crippen molar-refractivity contribution in [1.82, 2.24) is 20.9 Å². The minimum Gasteiger partial charge on any atom is -0.480 e. The van der Waals surface area contributed by atoms with E-state index in [0.717, 1.165) is 16.5 Å². The van der Waals surface area contributed by atoms with Crippen LogP contribution in [-0.2, 0) is 32.0 Å². The van der Waals surface area contributed by atoms with Gasteiger partial charge in [0.1, 0.15) is 12.1 Å². The molecule has 0 fully saturated rings. The fraction of sp³-hybridized carbons (Fsp3) is 0.308. The van der Waals surface area contributed by atoms with Crippen LogP contribution >= 0.6 is 0 Å². The van der Waals surface area contributed by atoms with Gasteiger partial charge in [-0.2, -0.15) is 0 Å². The highest BCUT2D eigenvalue weighted by Gasteiger charge is 2.30. The summed E-state index contributed by atoms with van der Waals surface area (Å²) in [6.07, 6.45) is 0.717. The van der Waals surface area contributed by atoms with Crippen LogP contribution in [0, 0.1) is 0 Å². The molecule has 1 aromatic heterocycles. The monoisotopic (exact) mass is 509 g/mol. The number of H-pyrrole nitrogens is 1. The Kier molecular flexibility index (Phi) is 9.36. The summed E-state index contributed by atoms with van der Waals surface area (Å²) < 4.78 is 0. The Labute approximate surface area is 213 Å². The van der Waals surface area contributed by atoms with Gasteiger partial charge in [-0.25, -0.2) is 4.79 Å². The first-order valence-electron chi connectivity index (χ1n) is 11.8. The maximum atomic E-state index is 12.7. The predicted octanol–water partition coefficient (Wildman–Crippen LogP) is -0.168. The lowest BCUT2D eigenvalue weighted by molar-refractivity contribution is -0.142. The van der Waals surface area contributed by atoms with E-state index < -0.39 is 54.5 Å². The quantitative estimate of drug-likeness (QED) is 0.177. The molecule has 4 atom stereocenters. The van der Waals surface area contributed by atoms with Crippen molar-refractivity contribution in [3.63, 3.8) is 0 Å². The highest BCUT2D eigenvalue weighted by molar-refractivity contribution is 5.93. The van der Waals surface area contributed by atoms with E-state index in [1.54, 1.807) is 36.5 Å². The third kappa shape index (κ3) is 7.63. The molecular weight excluding hydrogens is 478 g/mol. The first kappa shape index (κ1) is 27.4. The van der Waals surface area contributed by atoms with Crippen molar-refractivity contribution >= 4 is 34.6 Å². The lowest BCUT2D eigenvalue weighted by Crippen LogP contribution is -2.57. The summed E-state index contributed by atoms with van der Waals surface area (Å²) in [6, 6.07) is 12.7. The van der Waals surface area contributed by atoms with Gasteiger partial charge < -0.3 is 36.9 Å². The number of rotatable bonds is 12. The fourth-order valence-electron chi connectivity index (χ4n) is 3.87. The van der Waals surface area contributed by atoms with E-state index in [1.165, 1.54) is 6.92 Å². The number of aliphatic hydroxyl groups excluding tert-OH is 1. The first-order chi connectivity index (χ1) is 17.7. The number of aromatic amines is 1. The zero-order valence-corrected chi connectivity index (χ0v) is 20.3. The Bertz CT molecular complexity index is 1240. The van der Waals surface area contributed by atoms with Crippen LogP contribution in [0.2, 0.25) is 0 Å². The maximum Gasteiger partial charge on any atom is 0.326 e. The largest absolute Gasteiger partial charge is 0.480 e. The number of hydrogen-bond donors (Lipinski definition) is 7. The Morgan fingerprint density at radius 2 is 1.62 bits per heavy atom. The second kappa shape index (κ2) is 12.7. The molecule has 0 aliphatic heterocycles. The number of nitrogens with one attached hydrogen (secondary N) is 4. The van der Waals surface area contributed by atoms with Crippen molar-refractivity contribution in [2.75, 3.05) is 6.54 Å². The number of carboxylic acids is 1. The number of aliphatic hydroxyl groups is 1. The minimum atomic E-state index is -1.43. The van der Waals surface area contributed by atoms with Gasteiger partial charge in [-0.3, -0.25) is 14.4 Å². The third-order valence-corrected chi connectivity index (χ3v) is 5.85. The summed E-state index contributed by atoms with van der Waals surface area (Å²) in [4.78, 5) is 52.3. The van der Waals surface area contributed by atoms with E-state index in [1.807, 2.05) is 24.3 Å². The smallest absolute Gasteiger partial charge is 0.326 e. The zero-order valence-electron chi connectivity index (χ0n) is 20.3. The average molecular weight is 510 g/mol. The molecule has 0 aliphatic rings. The number of hydrogen-bond acceptors (Lipinski definition) is 6. The molecule has 0 radical (unpaired) electrons. The summed E-state index contributed by atoms with van der Waals surface area (Å²) in [5.41, 5.74) is 8.48. The number of benzene rings is 2. The molecule has 196 valence electrons. The molecule has 11 nitrogen and oxygen atoms in total. The van der Waals surface area contributed by atoms with Crippen molar-refractivity contribution in [2.24, 2.45) is 5.73 Å². The molecular formula is C26H31N5O6. The average Bonchev–Trinajstić information content (AvgIpc) is 3.28. The summed E-state index contributed by atoms with van der Waals surface area (Å²) in [5.74, 6) is -3.44. The Hall–Kier alpha value is -4.22. The van der Waals surface area contributed by atoms with Crippen LogP contribution in [-0.4, -0.2) is 69.7 Å². The number of aromatic nitrogens is 1. The Balaban J connectivity index is 1.52. The lowest BCUT2D eigenvalue weighted by Gasteiger charge is -2.23. The van der Waals surface area contributed by atoms with Crippen molar-refractivity contribution in [1.29, 1.82) is 0 Å². The number of amides is 3. The van der Waals surface area contributed by atoms with Crippen LogP contribution in [0.1, 0.15) is 18.1 Å². The van der Waals surface area contributed by atoms with Crippen molar-refractivity contribution in [2.45, 2.75) is 44.0 Å². The fourth-order valence-corrected chi connectivity index (χ4v) is 3.87. The van der Waals surface area contributed by atoms with Crippen molar-refractivity contribution in [3.8, 4) is 0 Å². The van der Waals surface area contributed by atoms with Gasteiger partial charge in [-0.05, 0) is 30.5 Å². The second-order valence-electron chi connectivity index (χ2n) is 8.76. The summed E-state index contributed by atoms with van der Waals surface area (Å²) in [6.45, 7) is 0.802. The van der Waals surface area contributed by atoms with Gasteiger partial charge >= 0.3 is 5.97 Å². The number of fused-ring (bicyclic) bond motifs is 1. The molecule has 3 rings (SSSR count). The molecule has 37 heavy (non-hydrogen) atoms. The molecule has 4 unspecified atom stereocenters. The predicted molar refractivity (Wildman–Crippen MR) is 136 cm³/mol. The molecule has 11 heteroatoms. The molecule has 0 saturated carbocycles. The van der Waals surface area contributed by atoms with Gasteiger partial charge in [0.25, 0.3) is 0 Å². The number of nitrogens with two attached hydrogens (primary N) is 1. The second-order valence-corrected chi connectivity index (χ2v) is 8.76. The number of para-hydroxylation sites is 1. The topological polar surface area (TPSA) is 187 Å². The normalized spacial score (nSPS) is 14.2. The zero-order chi connectivity index (χ0) is 26.9. The van der Waals surface area contributed by atoms with Gasteiger partial charge in [0.05, 0.1) is 18.7 Å². The van der Waals surface area contributed by atoms with Gasteiger partial charge in [0, 0.05) is 23.5 Å². The van der Waals surface area contributed by atoms with E-state index in [-0.39, 0.29) is 12.8 Å². The Morgan fingerprint density at radius 3 is 2.30 bits per heavy atom. The van der Waals surface area contributed by atoms with Crippen LogP contribution in [0.4, 0.5) is 0 Å². The molecule has 0 aliphatic carbocycles. The molecule has 1 heterocycles. The van der Waals surface area contributed by atoms with Crippen LogP contribution in [0.5, 0.6) is 0 Å². The molecule has 3 amide bonds. The minimum absolute atomic E-state index is 0.0206. The number of carbonyl (C=O) groups excluding carboxylic acids is 3. The molecule has 8 N–H and O–H groups in total. The van der Waals surface area contributed by atoms with Crippen molar-refractivity contribution in [3.05, 3.63) is 71.9 Å². The van der Waals surface area contributed by atoms with Gasteiger partial charge in [0.15, 0.2) is 0 Å². The molecule has 3 aromatic rings. The summed E-state index contributed by atoms with van der Waals surface area (Å²) >= 11 is 0. The molecule has 2 aromatic carbocycles. The molecule has 0 bridgehead atoms. The highest BCUT2D eigenvalue weighted by atomic mass is 16.4. The van der Waals surface area contributed by atoms with Crippen LogP contribution < -0.4 is 21.7 Å². The molecule has 0 spiro atoms. The van der Waals surface area contributed by atoms with E-state index in [0.29, 0.717) is 5.56 Å². The van der Waals surface area contributed by atoms with E-state index in [9.17, 15) is 29.4 Å². The number of carbonyl (C=O) groups is 4.